The van der Waals surface area contributed by atoms with E-state index >= 15 is 0 Å². The van der Waals surface area contributed by atoms with Gasteiger partial charge in [-0.15, -0.1) is 0 Å². The first kappa shape index (κ1) is 26.1. The van der Waals surface area contributed by atoms with Crippen LogP contribution in [0.2, 0.25) is 0 Å². The predicted octanol–water partition coefficient (Wildman–Crippen LogP) is 13.0. The monoisotopic (exact) mass is 599 g/mol. The highest BCUT2D eigenvalue weighted by molar-refractivity contribution is 6.14. The van der Waals surface area contributed by atoms with Crippen LogP contribution in [-0.2, 0) is 0 Å². The first-order valence-electron chi connectivity index (χ1n) is 16.2. The molecule has 1 aliphatic carbocycles. The maximum absolute atomic E-state index is 6.59. The molecule has 2 heteroatoms. The quantitative estimate of drug-likeness (QED) is 0.200. The van der Waals surface area contributed by atoms with Crippen molar-refractivity contribution in [2.45, 2.75) is 6.92 Å². The molecule has 0 saturated carbocycles. The van der Waals surface area contributed by atoms with Crippen LogP contribution in [0.5, 0.6) is 0 Å². The van der Waals surface area contributed by atoms with E-state index in [2.05, 4.69) is 163 Å². The summed E-state index contributed by atoms with van der Waals surface area (Å²) in [4.78, 5) is 2.35. The summed E-state index contributed by atoms with van der Waals surface area (Å²) in [5.41, 5.74) is 14.0. The second-order valence-electron chi connectivity index (χ2n) is 12.6. The molecule has 1 heterocycles. The van der Waals surface area contributed by atoms with Crippen molar-refractivity contribution in [3.05, 3.63) is 163 Å². The Morgan fingerprint density at radius 2 is 1.04 bits per heavy atom. The Kier molecular flexibility index (Phi) is 5.53. The minimum Gasteiger partial charge on any atom is -0.454 e. The molecule has 10 rings (SSSR count). The third kappa shape index (κ3) is 3.98. The Bertz CT molecular complexity index is 2690. The molecule has 0 saturated heterocycles. The van der Waals surface area contributed by atoms with Crippen molar-refractivity contribution in [1.29, 1.82) is 0 Å². The van der Waals surface area contributed by atoms with E-state index in [0.717, 1.165) is 44.6 Å². The van der Waals surface area contributed by atoms with Gasteiger partial charge in [0.15, 0.2) is 5.58 Å². The summed E-state index contributed by atoms with van der Waals surface area (Å²) in [6, 6.07) is 57.1. The van der Waals surface area contributed by atoms with E-state index in [0.29, 0.717) is 0 Å². The number of fused-ring (bicyclic) bond motifs is 9. The molecule has 0 N–H and O–H groups in total. The Balaban J connectivity index is 1.13. The van der Waals surface area contributed by atoms with Crippen molar-refractivity contribution in [2.24, 2.45) is 0 Å². The number of para-hydroxylation sites is 2. The lowest BCUT2D eigenvalue weighted by atomic mass is 9.77. The van der Waals surface area contributed by atoms with Crippen molar-refractivity contribution in [3.8, 4) is 33.4 Å². The number of nitrogens with zero attached hydrogens (tertiary/aromatic N) is 1. The average Bonchev–Trinajstić information content (AvgIpc) is 3.50. The zero-order valence-electron chi connectivity index (χ0n) is 25.9. The van der Waals surface area contributed by atoms with E-state index in [-0.39, 0.29) is 0 Å². The number of furan rings is 1. The summed E-state index contributed by atoms with van der Waals surface area (Å²) in [7, 11) is 0. The van der Waals surface area contributed by atoms with E-state index in [1.165, 1.54) is 54.9 Å². The maximum Gasteiger partial charge on any atom is 0.159 e. The van der Waals surface area contributed by atoms with Gasteiger partial charge in [0.1, 0.15) is 5.58 Å². The largest absolute Gasteiger partial charge is 0.454 e. The van der Waals surface area contributed by atoms with Crippen molar-refractivity contribution < 1.29 is 4.42 Å². The summed E-state index contributed by atoms with van der Waals surface area (Å²) < 4.78 is 6.59. The summed E-state index contributed by atoms with van der Waals surface area (Å²) >= 11 is 0. The average molecular weight is 600 g/mol. The van der Waals surface area contributed by atoms with Crippen molar-refractivity contribution >= 4 is 60.5 Å². The molecule has 47 heavy (non-hydrogen) atoms. The van der Waals surface area contributed by atoms with Gasteiger partial charge in [0.25, 0.3) is 0 Å². The van der Waals surface area contributed by atoms with Crippen LogP contribution in [0.25, 0.3) is 76.9 Å². The molecule has 0 amide bonds. The minimum absolute atomic E-state index is 0.905. The van der Waals surface area contributed by atoms with Crippen molar-refractivity contribution in [2.75, 3.05) is 4.90 Å². The van der Waals surface area contributed by atoms with Gasteiger partial charge in [0.05, 0.1) is 5.69 Å². The van der Waals surface area contributed by atoms with E-state index in [9.17, 15) is 0 Å². The molecule has 1 aliphatic rings. The predicted molar refractivity (Wildman–Crippen MR) is 198 cm³/mol. The SMILES string of the molecule is Cc1ccc2c(oc3ccccc32)c1N(c1ccccc1)c1ccc2cc3c(cc2c1)-c1cc2cc(-c4ccccc4)ccc2cc1-3. The fraction of sp³-hybridized carbons (Fsp3) is 0.0222. The lowest BCUT2D eigenvalue weighted by molar-refractivity contribution is 0.668. The van der Waals surface area contributed by atoms with Crippen LogP contribution < -0.4 is 4.90 Å². The molecule has 0 unspecified atom stereocenters. The topological polar surface area (TPSA) is 16.4 Å². The number of rotatable bonds is 4. The van der Waals surface area contributed by atoms with Gasteiger partial charge in [-0.3, -0.25) is 0 Å². The van der Waals surface area contributed by atoms with Crippen LogP contribution in [0.3, 0.4) is 0 Å². The molecule has 0 atom stereocenters. The number of hydrogen-bond donors (Lipinski definition) is 0. The Morgan fingerprint density at radius 3 is 1.79 bits per heavy atom. The Hall–Kier alpha value is -6.12. The molecule has 1 aromatic heterocycles. The van der Waals surface area contributed by atoms with Crippen molar-refractivity contribution in [3.63, 3.8) is 0 Å². The molecule has 0 spiro atoms. The van der Waals surface area contributed by atoms with Crippen LogP contribution in [0.15, 0.2) is 162 Å². The highest BCUT2D eigenvalue weighted by Crippen LogP contribution is 2.51. The van der Waals surface area contributed by atoms with E-state index < -0.39 is 0 Å². The van der Waals surface area contributed by atoms with E-state index in [1.807, 2.05) is 6.07 Å². The van der Waals surface area contributed by atoms with E-state index in [1.54, 1.807) is 0 Å². The van der Waals surface area contributed by atoms with Gasteiger partial charge in [0.2, 0.25) is 0 Å². The molecule has 9 aromatic rings. The molecule has 0 bridgehead atoms. The molecule has 0 fully saturated rings. The summed E-state index contributed by atoms with van der Waals surface area (Å²) in [5.74, 6) is 0. The van der Waals surface area contributed by atoms with Gasteiger partial charge >= 0.3 is 0 Å². The van der Waals surface area contributed by atoms with Gasteiger partial charge in [-0.25, -0.2) is 0 Å². The highest BCUT2D eigenvalue weighted by atomic mass is 16.3. The zero-order valence-corrected chi connectivity index (χ0v) is 25.9. The summed E-state index contributed by atoms with van der Waals surface area (Å²) in [6.07, 6.45) is 0. The summed E-state index contributed by atoms with van der Waals surface area (Å²) in [6.45, 7) is 2.17. The number of hydrogen-bond acceptors (Lipinski definition) is 2. The first-order valence-corrected chi connectivity index (χ1v) is 16.2. The molecule has 8 aromatic carbocycles. The third-order valence-electron chi connectivity index (χ3n) is 9.84. The van der Waals surface area contributed by atoms with Crippen molar-refractivity contribution in [1.82, 2.24) is 0 Å². The fourth-order valence-corrected chi connectivity index (χ4v) is 7.50. The number of benzene rings is 8. The van der Waals surface area contributed by atoms with E-state index in [4.69, 9.17) is 4.42 Å². The standard InChI is InChI=1S/C45H29NO/c1-28-16-21-38-37-14-8-9-15-43(37)47-45(38)44(28)46(35-12-6-3-7-13-35)36-20-19-32-25-40-39-24-31-18-17-30(29-10-4-2-5-11-29)22-33(31)26-41(39)42(40)27-34(32)23-36/h2-27H,1H3. The van der Waals surface area contributed by atoms with Gasteiger partial charge in [0, 0.05) is 22.1 Å². The third-order valence-corrected chi connectivity index (χ3v) is 9.84. The molecule has 0 aliphatic heterocycles. The molecular weight excluding hydrogens is 571 g/mol. The van der Waals surface area contributed by atoms with Gasteiger partial charge < -0.3 is 9.32 Å². The lowest BCUT2D eigenvalue weighted by Crippen LogP contribution is -2.11. The lowest BCUT2D eigenvalue weighted by Gasteiger charge is -2.28. The normalized spacial score (nSPS) is 11.9. The number of aryl methyl sites for hydroxylation is 1. The second kappa shape index (κ2) is 9.94. The number of anilines is 3. The smallest absolute Gasteiger partial charge is 0.159 e. The van der Waals surface area contributed by atoms with Crippen LogP contribution in [-0.4, -0.2) is 0 Å². The van der Waals surface area contributed by atoms with Crippen LogP contribution in [0, 0.1) is 6.92 Å². The van der Waals surface area contributed by atoms with Gasteiger partial charge in [-0.1, -0.05) is 97.1 Å². The molecule has 220 valence electrons. The summed E-state index contributed by atoms with van der Waals surface area (Å²) in [5, 5.41) is 7.28. The highest BCUT2D eigenvalue weighted by Gasteiger charge is 2.25. The zero-order chi connectivity index (χ0) is 31.1. The van der Waals surface area contributed by atoms with Gasteiger partial charge in [-0.2, -0.15) is 0 Å². The maximum atomic E-state index is 6.59. The first-order chi connectivity index (χ1) is 23.2. The van der Waals surface area contributed by atoms with Crippen LogP contribution in [0.1, 0.15) is 5.56 Å². The molecular formula is C45H29NO. The van der Waals surface area contributed by atoms with Crippen LogP contribution in [0.4, 0.5) is 17.1 Å². The fourth-order valence-electron chi connectivity index (χ4n) is 7.50. The second-order valence-corrected chi connectivity index (χ2v) is 12.6. The van der Waals surface area contributed by atoms with Crippen LogP contribution >= 0.6 is 0 Å². The molecule has 2 nitrogen and oxygen atoms in total. The Morgan fingerprint density at radius 1 is 0.426 bits per heavy atom. The minimum atomic E-state index is 0.905. The van der Waals surface area contributed by atoms with Gasteiger partial charge in [-0.05, 0) is 128 Å². The Labute approximate surface area is 272 Å². The molecule has 0 radical (unpaired) electrons.